The number of aromatic nitrogens is 1. The maximum atomic E-state index is 5.59. The lowest BCUT2D eigenvalue weighted by Gasteiger charge is -2.24. The largest absolute Gasteiger partial charge is 0.381 e. The molecular weight excluding hydrogens is 260 g/mol. The number of benzene rings is 1. The van der Waals surface area contributed by atoms with Crippen LogP contribution in [0.25, 0.3) is 10.9 Å². The summed E-state index contributed by atoms with van der Waals surface area (Å²) in [4.78, 5) is 4.59. The van der Waals surface area contributed by atoms with E-state index in [0.717, 1.165) is 43.8 Å². The third kappa shape index (κ3) is 3.25. The molecule has 2 atom stereocenters. The van der Waals surface area contributed by atoms with Crippen LogP contribution in [0.3, 0.4) is 0 Å². The fourth-order valence-corrected chi connectivity index (χ4v) is 3.11. The van der Waals surface area contributed by atoms with Crippen molar-refractivity contribution in [3.63, 3.8) is 0 Å². The van der Waals surface area contributed by atoms with E-state index in [1.807, 2.05) is 6.92 Å². The van der Waals surface area contributed by atoms with Crippen molar-refractivity contribution in [2.45, 2.75) is 32.7 Å². The van der Waals surface area contributed by atoms with Crippen molar-refractivity contribution < 1.29 is 4.74 Å². The van der Waals surface area contributed by atoms with Crippen LogP contribution in [0.2, 0.25) is 0 Å². The zero-order chi connectivity index (χ0) is 14.7. The second-order valence-electron chi connectivity index (χ2n) is 5.96. The first kappa shape index (κ1) is 14.5. The fraction of sp³-hybridized carbons (Fsp3) is 0.500. The molecule has 0 saturated carbocycles. The highest BCUT2D eigenvalue weighted by Crippen LogP contribution is 2.30. The van der Waals surface area contributed by atoms with Crippen LogP contribution >= 0.6 is 0 Å². The molecule has 2 aromatic rings. The molecule has 1 aromatic heterocycles. The monoisotopic (exact) mass is 284 g/mol. The number of hydrogen-bond donors (Lipinski definition) is 1. The van der Waals surface area contributed by atoms with E-state index in [-0.39, 0.29) is 0 Å². The van der Waals surface area contributed by atoms with Crippen molar-refractivity contribution in [1.29, 1.82) is 0 Å². The first-order valence-corrected chi connectivity index (χ1v) is 7.96. The van der Waals surface area contributed by atoms with Gasteiger partial charge in [-0.1, -0.05) is 19.1 Å². The van der Waals surface area contributed by atoms with E-state index in [1.54, 1.807) is 0 Å². The molecule has 3 rings (SSSR count). The van der Waals surface area contributed by atoms with E-state index in [9.17, 15) is 0 Å². The lowest BCUT2D eigenvalue weighted by molar-refractivity contribution is 0.176. The number of rotatable bonds is 5. The minimum atomic E-state index is 0.387. The normalized spacial score (nSPS) is 20.0. The molecule has 21 heavy (non-hydrogen) atoms. The van der Waals surface area contributed by atoms with Gasteiger partial charge in [-0.15, -0.1) is 0 Å². The van der Waals surface area contributed by atoms with Crippen LogP contribution in [0, 0.1) is 12.8 Å². The molecule has 2 unspecified atom stereocenters. The minimum Gasteiger partial charge on any atom is -0.381 e. The minimum absolute atomic E-state index is 0.387. The van der Waals surface area contributed by atoms with Crippen LogP contribution in [0.1, 0.15) is 37.1 Å². The predicted molar refractivity (Wildman–Crippen MR) is 86.4 cm³/mol. The Morgan fingerprint density at radius 2 is 2.24 bits per heavy atom. The Kier molecular flexibility index (Phi) is 4.51. The van der Waals surface area contributed by atoms with E-state index >= 15 is 0 Å². The van der Waals surface area contributed by atoms with Crippen LogP contribution in [-0.2, 0) is 4.74 Å². The number of fused-ring (bicyclic) bond motifs is 1. The average Bonchev–Trinajstić information content (AvgIpc) is 3.02. The highest BCUT2D eigenvalue weighted by atomic mass is 16.5. The first-order valence-electron chi connectivity index (χ1n) is 7.96. The molecule has 0 aliphatic carbocycles. The summed E-state index contributed by atoms with van der Waals surface area (Å²) < 4.78 is 5.59. The van der Waals surface area contributed by atoms with Gasteiger partial charge in [0.15, 0.2) is 0 Å². The topological polar surface area (TPSA) is 34.2 Å². The Labute approximate surface area is 126 Å². The van der Waals surface area contributed by atoms with Crippen LogP contribution in [0.5, 0.6) is 0 Å². The molecule has 1 saturated heterocycles. The molecular formula is C18H24N2O. The predicted octanol–water partition coefficient (Wildman–Crippen LogP) is 3.62. The molecule has 3 nitrogen and oxygen atoms in total. The van der Waals surface area contributed by atoms with E-state index in [2.05, 4.69) is 47.6 Å². The van der Waals surface area contributed by atoms with Gasteiger partial charge in [-0.3, -0.25) is 4.98 Å². The number of aryl methyl sites for hydroxylation is 1. The SMILES string of the molecule is CCCNC(c1ccc2nc(C)ccc2c1)C1CCOC1. The van der Waals surface area contributed by atoms with Gasteiger partial charge in [0.25, 0.3) is 0 Å². The molecule has 1 N–H and O–H groups in total. The molecule has 112 valence electrons. The first-order chi connectivity index (χ1) is 10.3. The second kappa shape index (κ2) is 6.54. The molecule has 1 aliphatic heterocycles. The van der Waals surface area contributed by atoms with Crippen molar-refractivity contribution in [1.82, 2.24) is 10.3 Å². The quantitative estimate of drug-likeness (QED) is 0.910. The zero-order valence-corrected chi connectivity index (χ0v) is 12.9. The van der Waals surface area contributed by atoms with Crippen molar-refractivity contribution in [3.8, 4) is 0 Å². The van der Waals surface area contributed by atoms with Gasteiger partial charge in [0.05, 0.1) is 12.1 Å². The zero-order valence-electron chi connectivity index (χ0n) is 12.9. The molecule has 0 radical (unpaired) electrons. The molecule has 0 bridgehead atoms. The smallest absolute Gasteiger partial charge is 0.0705 e. The third-order valence-corrected chi connectivity index (χ3v) is 4.26. The summed E-state index contributed by atoms with van der Waals surface area (Å²) in [6.45, 7) is 7.05. The molecule has 1 aromatic carbocycles. The van der Waals surface area contributed by atoms with Crippen molar-refractivity contribution in [2.75, 3.05) is 19.8 Å². The van der Waals surface area contributed by atoms with E-state index in [4.69, 9.17) is 4.74 Å². The van der Waals surface area contributed by atoms with Gasteiger partial charge in [-0.2, -0.15) is 0 Å². The van der Waals surface area contributed by atoms with Gasteiger partial charge in [-0.05, 0) is 50.1 Å². The Morgan fingerprint density at radius 3 is 3.00 bits per heavy atom. The highest BCUT2D eigenvalue weighted by Gasteiger charge is 2.26. The van der Waals surface area contributed by atoms with Crippen LogP contribution in [-0.4, -0.2) is 24.7 Å². The van der Waals surface area contributed by atoms with Crippen LogP contribution in [0.15, 0.2) is 30.3 Å². The summed E-state index contributed by atoms with van der Waals surface area (Å²) in [7, 11) is 0. The second-order valence-corrected chi connectivity index (χ2v) is 5.96. The summed E-state index contributed by atoms with van der Waals surface area (Å²) in [6, 6.07) is 11.3. The highest BCUT2D eigenvalue weighted by molar-refractivity contribution is 5.79. The summed E-state index contributed by atoms with van der Waals surface area (Å²) in [6.07, 6.45) is 2.30. The van der Waals surface area contributed by atoms with Gasteiger partial charge in [0, 0.05) is 29.6 Å². The summed E-state index contributed by atoms with van der Waals surface area (Å²) in [5.74, 6) is 0.576. The maximum Gasteiger partial charge on any atom is 0.0705 e. The van der Waals surface area contributed by atoms with Gasteiger partial charge in [0.2, 0.25) is 0 Å². The van der Waals surface area contributed by atoms with Crippen LogP contribution in [0.4, 0.5) is 0 Å². The Morgan fingerprint density at radius 1 is 1.33 bits per heavy atom. The van der Waals surface area contributed by atoms with Crippen molar-refractivity contribution >= 4 is 10.9 Å². The molecule has 0 amide bonds. The number of hydrogen-bond acceptors (Lipinski definition) is 3. The van der Waals surface area contributed by atoms with E-state index in [0.29, 0.717) is 12.0 Å². The number of ether oxygens (including phenoxy) is 1. The molecule has 2 heterocycles. The Hall–Kier alpha value is -1.45. The average molecular weight is 284 g/mol. The van der Waals surface area contributed by atoms with Gasteiger partial charge in [-0.25, -0.2) is 0 Å². The molecule has 0 spiro atoms. The third-order valence-electron chi connectivity index (χ3n) is 4.26. The maximum absolute atomic E-state index is 5.59. The molecule has 1 fully saturated rings. The summed E-state index contributed by atoms with van der Waals surface area (Å²) in [5.41, 5.74) is 3.51. The van der Waals surface area contributed by atoms with Crippen LogP contribution < -0.4 is 5.32 Å². The molecule has 1 aliphatic rings. The lowest BCUT2D eigenvalue weighted by Crippen LogP contribution is -2.29. The van der Waals surface area contributed by atoms with Gasteiger partial charge >= 0.3 is 0 Å². The van der Waals surface area contributed by atoms with E-state index in [1.165, 1.54) is 10.9 Å². The lowest BCUT2D eigenvalue weighted by atomic mass is 9.91. The Balaban J connectivity index is 1.91. The number of nitrogens with one attached hydrogen (secondary N) is 1. The summed E-state index contributed by atoms with van der Waals surface area (Å²) >= 11 is 0. The standard InChI is InChI=1S/C18H24N2O/c1-3-9-19-18(16-8-10-21-12-16)15-6-7-17-14(11-15)5-4-13(2)20-17/h4-7,11,16,18-19H,3,8-10,12H2,1-2H3. The van der Waals surface area contributed by atoms with E-state index < -0.39 is 0 Å². The van der Waals surface area contributed by atoms with Crippen molar-refractivity contribution in [2.24, 2.45) is 5.92 Å². The van der Waals surface area contributed by atoms with Gasteiger partial charge in [0.1, 0.15) is 0 Å². The number of nitrogens with zero attached hydrogens (tertiary/aromatic N) is 1. The fourth-order valence-electron chi connectivity index (χ4n) is 3.11. The molecule has 3 heteroatoms. The van der Waals surface area contributed by atoms with Crippen molar-refractivity contribution in [3.05, 3.63) is 41.6 Å². The van der Waals surface area contributed by atoms with Gasteiger partial charge < -0.3 is 10.1 Å². The number of pyridine rings is 1. The summed E-state index contributed by atoms with van der Waals surface area (Å²) in [5, 5.41) is 4.93. The Bertz CT molecular complexity index is 605.